The SMILES string of the molecule is CCN1CCN(c2ccc(F)cc2C(C)NC(=O)C2(N)CC2)CC1.Cl.Cl.Cl. The average Bonchev–Trinajstić information content (AvgIpc) is 3.34. The van der Waals surface area contributed by atoms with Crippen LogP contribution in [-0.4, -0.2) is 49.1 Å². The van der Waals surface area contributed by atoms with Crippen LogP contribution in [0, 0.1) is 5.82 Å². The monoisotopic (exact) mass is 442 g/mol. The summed E-state index contributed by atoms with van der Waals surface area (Å²) in [4.78, 5) is 16.9. The summed E-state index contributed by atoms with van der Waals surface area (Å²) in [7, 11) is 0. The van der Waals surface area contributed by atoms with Crippen LogP contribution < -0.4 is 16.0 Å². The Labute approximate surface area is 179 Å². The van der Waals surface area contributed by atoms with E-state index < -0.39 is 5.54 Å². The molecule has 3 rings (SSSR count). The second-order valence-electron chi connectivity index (χ2n) is 6.98. The van der Waals surface area contributed by atoms with Crippen molar-refractivity contribution in [3.8, 4) is 0 Å². The molecule has 5 nitrogen and oxygen atoms in total. The number of carbonyl (C=O) groups is 1. The molecule has 1 aliphatic carbocycles. The quantitative estimate of drug-likeness (QED) is 0.734. The number of hydrogen-bond donors (Lipinski definition) is 2. The van der Waals surface area contributed by atoms with Crippen molar-refractivity contribution in [2.45, 2.75) is 38.3 Å². The summed E-state index contributed by atoms with van der Waals surface area (Å²) in [6.45, 7) is 8.93. The minimum Gasteiger partial charge on any atom is -0.369 e. The Morgan fingerprint density at radius 2 is 1.81 bits per heavy atom. The zero-order valence-corrected chi connectivity index (χ0v) is 18.2. The van der Waals surface area contributed by atoms with E-state index in [-0.39, 0.29) is 55.0 Å². The number of anilines is 1. The first-order chi connectivity index (χ1) is 11.4. The van der Waals surface area contributed by atoms with Gasteiger partial charge in [-0.1, -0.05) is 6.92 Å². The molecule has 0 bridgehead atoms. The lowest BCUT2D eigenvalue weighted by molar-refractivity contribution is -0.123. The fraction of sp³-hybridized carbons (Fsp3) is 0.611. The van der Waals surface area contributed by atoms with Gasteiger partial charge in [-0.2, -0.15) is 0 Å². The average molecular weight is 444 g/mol. The van der Waals surface area contributed by atoms with Gasteiger partial charge in [0.1, 0.15) is 5.82 Å². The Balaban J connectivity index is 0.00000225. The van der Waals surface area contributed by atoms with E-state index in [1.807, 2.05) is 13.0 Å². The third-order valence-electron chi connectivity index (χ3n) is 5.20. The largest absolute Gasteiger partial charge is 0.369 e. The summed E-state index contributed by atoms with van der Waals surface area (Å²) >= 11 is 0. The van der Waals surface area contributed by atoms with E-state index in [0.29, 0.717) is 0 Å². The number of carbonyl (C=O) groups excluding carboxylic acids is 1. The number of piperazine rings is 1. The van der Waals surface area contributed by atoms with Crippen LogP contribution in [0.5, 0.6) is 0 Å². The highest BCUT2D eigenvalue weighted by Crippen LogP contribution is 2.34. The molecule has 1 atom stereocenters. The molecule has 1 saturated carbocycles. The Kier molecular flexibility index (Phi) is 10.4. The molecule has 1 heterocycles. The van der Waals surface area contributed by atoms with Gasteiger partial charge in [0.15, 0.2) is 0 Å². The Morgan fingerprint density at radius 3 is 2.33 bits per heavy atom. The second-order valence-corrected chi connectivity index (χ2v) is 6.98. The van der Waals surface area contributed by atoms with Gasteiger partial charge < -0.3 is 20.9 Å². The van der Waals surface area contributed by atoms with Gasteiger partial charge >= 0.3 is 0 Å². The third-order valence-corrected chi connectivity index (χ3v) is 5.20. The summed E-state index contributed by atoms with van der Waals surface area (Å²) < 4.78 is 13.8. The van der Waals surface area contributed by atoms with Gasteiger partial charge in [-0.25, -0.2) is 4.39 Å². The highest BCUT2D eigenvalue weighted by atomic mass is 35.5. The van der Waals surface area contributed by atoms with E-state index in [1.54, 1.807) is 0 Å². The lowest BCUT2D eigenvalue weighted by Crippen LogP contribution is -2.47. The Bertz CT molecular complexity index is 623. The zero-order valence-electron chi connectivity index (χ0n) is 15.7. The number of nitrogens with zero attached hydrogens (tertiary/aromatic N) is 2. The first-order valence-corrected chi connectivity index (χ1v) is 8.79. The van der Waals surface area contributed by atoms with Crippen LogP contribution >= 0.6 is 37.2 Å². The molecule has 0 spiro atoms. The lowest BCUT2D eigenvalue weighted by Gasteiger charge is -2.37. The van der Waals surface area contributed by atoms with Crippen LogP contribution in [0.1, 0.15) is 38.3 Å². The number of rotatable bonds is 5. The smallest absolute Gasteiger partial charge is 0.240 e. The highest BCUT2D eigenvalue weighted by Gasteiger charge is 2.46. The standard InChI is InChI=1S/C18H27FN4O.3ClH/c1-3-22-8-10-23(11-9-22)16-5-4-14(19)12-15(16)13(2)21-17(24)18(20)6-7-18;;;/h4-5,12-13H,3,6-11,20H2,1-2H3,(H,21,24);3*1H. The van der Waals surface area contributed by atoms with Gasteiger partial charge in [0, 0.05) is 37.4 Å². The summed E-state index contributed by atoms with van der Waals surface area (Å²) in [5.41, 5.74) is 7.06. The number of amides is 1. The van der Waals surface area contributed by atoms with Gasteiger partial charge in [0.25, 0.3) is 0 Å². The second kappa shape index (κ2) is 10.7. The molecule has 1 amide bonds. The van der Waals surface area contributed by atoms with Crippen molar-refractivity contribution in [1.29, 1.82) is 0 Å². The number of benzene rings is 1. The molecular formula is C18H30Cl3FN4O. The molecule has 9 heteroatoms. The minimum absolute atomic E-state index is 0. The maximum absolute atomic E-state index is 13.8. The van der Waals surface area contributed by atoms with Crippen molar-refractivity contribution in [2.24, 2.45) is 5.73 Å². The topological polar surface area (TPSA) is 61.6 Å². The molecule has 27 heavy (non-hydrogen) atoms. The van der Waals surface area contributed by atoms with E-state index >= 15 is 0 Å². The molecule has 1 aromatic rings. The summed E-state index contributed by atoms with van der Waals surface area (Å²) in [5.74, 6) is -0.419. The van der Waals surface area contributed by atoms with Gasteiger partial charge in [0.05, 0.1) is 11.6 Å². The minimum atomic E-state index is -0.714. The van der Waals surface area contributed by atoms with Crippen molar-refractivity contribution in [2.75, 3.05) is 37.6 Å². The zero-order chi connectivity index (χ0) is 17.3. The van der Waals surface area contributed by atoms with Crippen LogP contribution in [0.15, 0.2) is 18.2 Å². The summed E-state index contributed by atoms with van der Waals surface area (Å²) in [6, 6.07) is 4.57. The van der Waals surface area contributed by atoms with E-state index in [0.717, 1.165) is 56.8 Å². The van der Waals surface area contributed by atoms with Gasteiger partial charge in [-0.3, -0.25) is 4.79 Å². The predicted octanol–water partition coefficient (Wildman–Crippen LogP) is 2.90. The predicted molar refractivity (Wildman–Crippen MR) is 115 cm³/mol. The molecule has 0 radical (unpaired) electrons. The van der Waals surface area contributed by atoms with Gasteiger partial charge in [-0.15, -0.1) is 37.2 Å². The van der Waals surface area contributed by atoms with Gasteiger partial charge in [0.2, 0.25) is 5.91 Å². The number of likely N-dealkylation sites (N-methyl/N-ethyl adjacent to an activating group) is 1. The molecule has 1 unspecified atom stereocenters. The molecule has 0 aromatic heterocycles. The molecule has 156 valence electrons. The lowest BCUT2D eigenvalue weighted by atomic mass is 10.0. The van der Waals surface area contributed by atoms with Crippen molar-refractivity contribution < 1.29 is 9.18 Å². The van der Waals surface area contributed by atoms with Gasteiger partial charge in [-0.05, 0) is 44.5 Å². The first kappa shape index (κ1) is 26.2. The van der Waals surface area contributed by atoms with Crippen molar-refractivity contribution in [1.82, 2.24) is 10.2 Å². The molecule has 2 fully saturated rings. The van der Waals surface area contributed by atoms with E-state index in [2.05, 4.69) is 22.0 Å². The first-order valence-electron chi connectivity index (χ1n) is 8.79. The Morgan fingerprint density at radius 1 is 1.22 bits per heavy atom. The summed E-state index contributed by atoms with van der Waals surface area (Å²) in [5, 5.41) is 2.96. The van der Waals surface area contributed by atoms with Crippen LogP contribution in [0.3, 0.4) is 0 Å². The maximum Gasteiger partial charge on any atom is 0.240 e. The van der Waals surface area contributed by atoms with Crippen LogP contribution in [-0.2, 0) is 4.79 Å². The van der Waals surface area contributed by atoms with Crippen molar-refractivity contribution >= 4 is 48.8 Å². The third kappa shape index (κ3) is 6.09. The van der Waals surface area contributed by atoms with Crippen molar-refractivity contribution in [3.63, 3.8) is 0 Å². The molecule has 1 saturated heterocycles. The molecular weight excluding hydrogens is 414 g/mol. The molecule has 2 aliphatic rings. The summed E-state index contributed by atoms with van der Waals surface area (Å²) in [6.07, 6.45) is 1.45. The molecule has 1 aliphatic heterocycles. The normalized spacial score (nSPS) is 19.0. The fourth-order valence-electron chi connectivity index (χ4n) is 3.25. The number of nitrogens with one attached hydrogen (secondary N) is 1. The van der Waals surface area contributed by atoms with E-state index in [9.17, 15) is 9.18 Å². The van der Waals surface area contributed by atoms with Crippen LogP contribution in [0.25, 0.3) is 0 Å². The van der Waals surface area contributed by atoms with Crippen molar-refractivity contribution in [3.05, 3.63) is 29.6 Å². The number of hydrogen-bond acceptors (Lipinski definition) is 4. The van der Waals surface area contributed by atoms with Crippen LogP contribution in [0.4, 0.5) is 10.1 Å². The number of halogens is 4. The van der Waals surface area contributed by atoms with E-state index in [1.165, 1.54) is 12.1 Å². The number of nitrogens with two attached hydrogens (primary N) is 1. The molecule has 3 N–H and O–H groups in total. The molecule has 1 aromatic carbocycles. The fourth-order valence-corrected chi connectivity index (χ4v) is 3.25. The van der Waals surface area contributed by atoms with Crippen LogP contribution in [0.2, 0.25) is 0 Å². The highest BCUT2D eigenvalue weighted by molar-refractivity contribution is 5.89. The Hall–Kier alpha value is -0.790. The van der Waals surface area contributed by atoms with E-state index in [4.69, 9.17) is 5.73 Å². The maximum atomic E-state index is 13.8.